The second-order valence-corrected chi connectivity index (χ2v) is 5.91. The summed E-state index contributed by atoms with van der Waals surface area (Å²) in [6.07, 6.45) is 3.09. The molecule has 1 nitrogen and oxygen atoms in total. The number of benzene rings is 1. The lowest BCUT2D eigenvalue weighted by atomic mass is 9.78. The van der Waals surface area contributed by atoms with E-state index < -0.39 is 0 Å². The van der Waals surface area contributed by atoms with Gasteiger partial charge < -0.3 is 4.74 Å². The van der Waals surface area contributed by atoms with E-state index in [0.717, 1.165) is 19.6 Å². The molecule has 1 heterocycles. The van der Waals surface area contributed by atoms with E-state index in [1.807, 2.05) is 6.08 Å². The van der Waals surface area contributed by atoms with E-state index in [0.29, 0.717) is 0 Å². The third-order valence-corrected chi connectivity index (χ3v) is 4.42. The third kappa shape index (κ3) is 2.66. The fourth-order valence-corrected chi connectivity index (χ4v) is 2.86. The summed E-state index contributed by atoms with van der Waals surface area (Å²) in [5.74, 6) is 0. The zero-order chi connectivity index (χ0) is 14.0. The van der Waals surface area contributed by atoms with Crippen molar-refractivity contribution in [3.05, 3.63) is 53.1 Å². The first-order valence-corrected chi connectivity index (χ1v) is 6.97. The second-order valence-electron chi connectivity index (χ2n) is 5.91. The molecule has 1 aromatic carbocycles. The van der Waals surface area contributed by atoms with E-state index in [9.17, 15) is 0 Å². The first-order chi connectivity index (χ1) is 8.98. The highest BCUT2D eigenvalue weighted by Gasteiger charge is 2.33. The normalized spacial score (nSPS) is 24.2. The molecule has 102 valence electrons. The molecule has 1 aromatic rings. The Bertz CT molecular complexity index is 516. The van der Waals surface area contributed by atoms with Crippen LogP contribution in [0.2, 0.25) is 0 Å². The van der Waals surface area contributed by atoms with Gasteiger partial charge in [0, 0.05) is 12.0 Å². The highest BCUT2D eigenvalue weighted by molar-refractivity contribution is 5.71. The Kier molecular flexibility index (Phi) is 3.96. The minimum atomic E-state index is 0.116. The highest BCUT2D eigenvalue weighted by Crippen LogP contribution is 2.40. The Morgan fingerprint density at radius 2 is 2.05 bits per heavy atom. The van der Waals surface area contributed by atoms with Crippen LogP contribution in [0.3, 0.4) is 0 Å². The van der Waals surface area contributed by atoms with Gasteiger partial charge in [-0.3, -0.25) is 0 Å². The topological polar surface area (TPSA) is 9.23 Å². The first-order valence-electron chi connectivity index (χ1n) is 6.97. The molecule has 1 unspecified atom stereocenters. The lowest BCUT2D eigenvalue weighted by molar-refractivity contribution is 0.173. The summed E-state index contributed by atoms with van der Waals surface area (Å²) in [6.45, 7) is 14.5. The number of hydrogen-bond donors (Lipinski definition) is 0. The van der Waals surface area contributed by atoms with Crippen molar-refractivity contribution in [1.29, 1.82) is 0 Å². The minimum Gasteiger partial charge on any atom is -0.381 e. The summed E-state index contributed by atoms with van der Waals surface area (Å²) in [7, 11) is 0. The fraction of sp³-hybridized carbons (Fsp3) is 0.444. The van der Waals surface area contributed by atoms with Crippen molar-refractivity contribution < 1.29 is 4.74 Å². The number of aryl methyl sites for hydroxylation is 2. The molecule has 0 aliphatic carbocycles. The van der Waals surface area contributed by atoms with Gasteiger partial charge in [0.25, 0.3) is 0 Å². The monoisotopic (exact) mass is 256 g/mol. The van der Waals surface area contributed by atoms with Gasteiger partial charge in [-0.05, 0) is 55.0 Å². The average molecular weight is 256 g/mol. The van der Waals surface area contributed by atoms with Crippen LogP contribution in [0, 0.1) is 19.3 Å². The van der Waals surface area contributed by atoms with Gasteiger partial charge in [-0.2, -0.15) is 0 Å². The third-order valence-electron chi connectivity index (χ3n) is 4.42. The van der Waals surface area contributed by atoms with E-state index >= 15 is 0 Å². The average Bonchev–Trinajstić information content (AvgIpc) is 2.81. The number of ether oxygens (including phenoxy) is 1. The number of allylic oxidation sites excluding steroid dienone is 2. The smallest absolute Gasteiger partial charge is 0.0561 e. The van der Waals surface area contributed by atoms with Crippen molar-refractivity contribution in [1.82, 2.24) is 0 Å². The summed E-state index contributed by atoms with van der Waals surface area (Å²) in [5, 5.41) is 0. The van der Waals surface area contributed by atoms with Crippen LogP contribution in [-0.4, -0.2) is 13.2 Å². The van der Waals surface area contributed by atoms with Crippen LogP contribution < -0.4 is 0 Å². The molecule has 0 radical (unpaired) electrons. The van der Waals surface area contributed by atoms with Gasteiger partial charge in [0.05, 0.1) is 6.61 Å². The van der Waals surface area contributed by atoms with Gasteiger partial charge >= 0.3 is 0 Å². The second kappa shape index (κ2) is 5.34. The number of rotatable bonds is 3. The van der Waals surface area contributed by atoms with E-state index in [4.69, 9.17) is 4.74 Å². The van der Waals surface area contributed by atoms with Gasteiger partial charge in [0.1, 0.15) is 0 Å². The molecule has 1 heteroatoms. The molecule has 1 atom stereocenters. The molecule has 1 saturated heterocycles. The molecule has 0 N–H and O–H groups in total. The maximum Gasteiger partial charge on any atom is 0.0561 e. The van der Waals surface area contributed by atoms with Crippen LogP contribution in [0.4, 0.5) is 0 Å². The largest absolute Gasteiger partial charge is 0.381 e. The maximum absolute atomic E-state index is 5.59. The number of hydrogen-bond acceptors (Lipinski definition) is 1. The van der Waals surface area contributed by atoms with E-state index in [1.54, 1.807) is 0 Å². The standard InChI is InChI=1S/C18H24O/c1-6-17(18(5)9-10-19-12-18)15(4)16-8-7-13(2)14(3)11-16/h6-8,11H,1,9-10,12H2,2-5H3. The summed E-state index contributed by atoms with van der Waals surface area (Å²) < 4.78 is 5.59. The lowest BCUT2D eigenvalue weighted by Gasteiger charge is -2.26. The molecule has 0 spiro atoms. The molecule has 0 aromatic heterocycles. The molecule has 0 bridgehead atoms. The predicted octanol–water partition coefficient (Wildman–Crippen LogP) is 4.69. The molecular formula is C18H24O. The van der Waals surface area contributed by atoms with Crippen LogP contribution in [0.1, 0.15) is 37.0 Å². The van der Waals surface area contributed by atoms with Crippen molar-refractivity contribution in [2.75, 3.05) is 13.2 Å². The van der Waals surface area contributed by atoms with Gasteiger partial charge in [0.2, 0.25) is 0 Å². The van der Waals surface area contributed by atoms with Crippen molar-refractivity contribution in [3.8, 4) is 0 Å². The Balaban J connectivity index is 2.47. The predicted molar refractivity (Wildman–Crippen MR) is 82.3 cm³/mol. The lowest BCUT2D eigenvalue weighted by Crippen LogP contribution is -2.19. The maximum atomic E-state index is 5.59. The van der Waals surface area contributed by atoms with Gasteiger partial charge in [-0.1, -0.05) is 37.8 Å². The summed E-state index contributed by atoms with van der Waals surface area (Å²) in [5.41, 5.74) is 6.75. The fourth-order valence-electron chi connectivity index (χ4n) is 2.86. The highest BCUT2D eigenvalue weighted by atomic mass is 16.5. The van der Waals surface area contributed by atoms with Crippen LogP contribution in [0.15, 0.2) is 36.4 Å². The summed E-state index contributed by atoms with van der Waals surface area (Å²) in [4.78, 5) is 0. The Morgan fingerprint density at radius 3 is 2.58 bits per heavy atom. The molecular weight excluding hydrogens is 232 g/mol. The first kappa shape index (κ1) is 14.1. The molecule has 19 heavy (non-hydrogen) atoms. The van der Waals surface area contributed by atoms with Gasteiger partial charge in [-0.15, -0.1) is 0 Å². The molecule has 0 amide bonds. The van der Waals surface area contributed by atoms with E-state index in [-0.39, 0.29) is 5.41 Å². The van der Waals surface area contributed by atoms with E-state index in [1.165, 1.54) is 27.8 Å². The molecule has 1 aliphatic heterocycles. The van der Waals surface area contributed by atoms with Crippen LogP contribution >= 0.6 is 0 Å². The van der Waals surface area contributed by atoms with Crippen molar-refractivity contribution in [3.63, 3.8) is 0 Å². The van der Waals surface area contributed by atoms with Gasteiger partial charge in [-0.25, -0.2) is 0 Å². The zero-order valence-electron chi connectivity index (χ0n) is 12.5. The van der Waals surface area contributed by atoms with Crippen molar-refractivity contribution >= 4 is 5.57 Å². The Morgan fingerprint density at radius 1 is 1.32 bits per heavy atom. The van der Waals surface area contributed by atoms with Crippen LogP contribution in [0.25, 0.3) is 5.57 Å². The molecule has 0 saturated carbocycles. The van der Waals surface area contributed by atoms with Crippen molar-refractivity contribution in [2.24, 2.45) is 5.41 Å². The molecule has 1 aliphatic rings. The SMILES string of the molecule is C=CC(=C(C)c1ccc(C)c(C)c1)C1(C)CCOC1. The summed E-state index contributed by atoms with van der Waals surface area (Å²) in [6, 6.07) is 6.68. The summed E-state index contributed by atoms with van der Waals surface area (Å²) >= 11 is 0. The Labute approximate surface area is 117 Å². The van der Waals surface area contributed by atoms with Crippen molar-refractivity contribution in [2.45, 2.75) is 34.1 Å². The minimum absolute atomic E-state index is 0.116. The quantitative estimate of drug-likeness (QED) is 0.713. The Hall–Kier alpha value is -1.34. The van der Waals surface area contributed by atoms with E-state index in [2.05, 4.69) is 52.5 Å². The zero-order valence-corrected chi connectivity index (χ0v) is 12.5. The van der Waals surface area contributed by atoms with Crippen LogP contribution in [-0.2, 0) is 4.74 Å². The molecule has 2 rings (SSSR count). The molecule has 1 fully saturated rings. The van der Waals surface area contributed by atoms with Crippen LogP contribution in [0.5, 0.6) is 0 Å². The van der Waals surface area contributed by atoms with Gasteiger partial charge in [0.15, 0.2) is 0 Å².